The Kier molecular flexibility index (Phi) is 4.05. The van der Waals surface area contributed by atoms with Gasteiger partial charge in [-0.2, -0.15) is 0 Å². The fourth-order valence-electron chi connectivity index (χ4n) is 3.25. The van der Waals surface area contributed by atoms with E-state index in [2.05, 4.69) is 0 Å². The zero-order valence-electron chi connectivity index (χ0n) is 11.2. The molecule has 4 heteroatoms. The van der Waals surface area contributed by atoms with Gasteiger partial charge in [0.2, 0.25) is 11.8 Å². The Labute approximate surface area is 108 Å². The zero-order chi connectivity index (χ0) is 13.2. The lowest BCUT2D eigenvalue weighted by Gasteiger charge is -2.30. The SMILES string of the molecule is CC(O)CCCN1C(=O)CC2(CCCCC2)C1=O. The Balaban J connectivity index is 1.96. The highest BCUT2D eigenvalue weighted by molar-refractivity contribution is 6.05. The molecule has 2 amide bonds. The molecule has 1 atom stereocenters. The smallest absolute Gasteiger partial charge is 0.235 e. The normalized spacial score (nSPS) is 24.9. The van der Waals surface area contributed by atoms with E-state index in [-0.39, 0.29) is 23.3 Å². The molecule has 0 bridgehead atoms. The molecule has 1 saturated heterocycles. The molecule has 18 heavy (non-hydrogen) atoms. The van der Waals surface area contributed by atoms with Gasteiger partial charge in [-0.25, -0.2) is 0 Å². The first-order valence-electron chi connectivity index (χ1n) is 7.08. The van der Waals surface area contributed by atoms with Crippen molar-refractivity contribution < 1.29 is 14.7 Å². The number of hydrogen-bond acceptors (Lipinski definition) is 3. The maximum absolute atomic E-state index is 12.4. The Morgan fingerprint density at radius 3 is 2.56 bits per heavy atom. The van der Waals surface area contributed by atoms with E-state index < -0.39 is 0 Å². The number of carbonyl (C=O) groups is 2. The maximum atomic E-state index is 12.4. The first-order valence-corrected chi connectivity index (χ1v) is 7.08. The molecule has 2 aliphatic rings. The molecule has 1 N–H and O–H groups in total. The van der Waals surface area contributed by atoms with Crippen LogP contribution >= 0.6 is 0 Å². The van der Waals surface area contributed by atoms with Crippen molar-refractivity contribution in [2.75, 3.05) is 6.54 Å². The van der Waals surface area contributed by atoms with Crippen LogP contribution in [0, 0.1) is 5.41 Å². The van der Waals surface area contributed by atoms with Crippen molar-refractivity contribution in [1.82, 2.24) is 4.90 Å². The highest BCUT2D eigenvalue weighted by Gasteiger charge is 2.51. The minimum absolute atomic E-state index is 0.00695. The predicted octanol–water partition coefficient (Wildman–Crippen LogP) is 1.86. The number of aliphatic hydroxyl groups excluding tert-OH is 1. The fraction of sp³-hybridized carbons (Fsp3) is 0.857. The second-order valence-corrected chi connectivity index (χ2v) is 5.86. The molecule has 0 aromatic heterocycles. The number of likely N-dealkylation sites (tertiary alicyclic amines) is 1. The number of rotatable bonds is 4. The number of hydrogen-bond donors (Lipinski definition) is 1. The Morgan fingerprint density at radius 1 is 1.28 bits per heavy atom. The van der Waals surface area contributed by atoms with Crippen LogP contribution in [-0.2, 0) is 9.59 Å². The van der Waals surface area contributed by atoms with Crippen LogP contribution in [0.1, 0.15) is 58.3 Å². The van der Waals surface area contributed by atoms with Gasteiger partial charge in [0.15, 0.2) is 0 Å². The largest absolute Gasteiger partial charge is 0.393 e. The third-order valence-corrected chi connectivity index (χ3v) is 4.30. The van der Waals surface area contributed by atoms with Crippen molar-refractivity contribution in [2.45, 2.75) is 64.4 Å². The lowest BCUT2D eigenvalue weighted by Crippen LogP contribution is -2.37. The minimum Gasteiger partial charge on any atom is -0.393 e. The molecule has 4 nitrogen and oxygen atoms in total. The molecule has 1 unspecified atom stereocenters. The molecule has 2 fully saturated rings. The van der Waals surface area contributed by atoms with Crippen molar-refractivity contribution in [3.63, 3.8) is 0 Å². The fourth-order valence-corrected chi connectivity index (χ4v) is 3.25. The number of aliphatic hydroxyl groups is 1. The Bertz CT molecular complexity index is 332. The molecule has 1 saturated carbocycles. The molecular formula is C14H23NO3. The average Bonchev–Trinajstić information content (AvgIpc) is 2.54. The summed E-state index contributed by atoms with van der Waals surface area (Å²) in [5.74, 6) is 0.0466. The molecule has 1 spiro atoms. The summed E-state index contributed by atoms with van der Waals surface area (Å²) in [6, 6.07) is 0. The molecule has 0 radical (unpaired) electrons. The highest BCUT2D eigenvalue weighted by Crippen LogP contribution is 2.45. The number of carbonyl (C=O) groups excluding carboxylic acids is 2. The van der Waals surface area contributed by atoms with Crippen molar-refractivity contribution in [1.29, 1.82) is 0 Å². The third-order valence-electron chi connectivity index (χ3n) is 4.30. The van der Waals surface area contributed by atoms with Crippen LogP contribution < -0.4 is 0 Å². The second-order valence-electron chi connectivity index (χ2n) is 5.86. The van der Waals surface area contributed by atoms with Gasteiger partial charge in [0.1, 0.15) is 0 Å². The predicted molar refractivity (Wildman–Crippen MR) is 67.8 cm³/mol. The van der Waals surface area contributed by atoms with Gasteiger partial charge in [-0.05, 0) is 32.6 Å². The first-order chi connectivity index (χ1) is 8.55. The molecule has 1 heterocycles. The standard InChI is InChI=1S/C14H23NO3/c1-11(16)6-5-9-15-12(17)10-14(13(15)18)7-3-2-4-8-14/h11,16H,2-10H2,1H3. The van der Waals surface area contributed by atoms with Crippen LogP contribution in [0.5, 0.6) is 0 Å². The number of imide groups is 1. The molecule has 1 aliphatic heterocycles. The lowest BCUT2D eigenvalue weighted by atomic mass is 9.73. The van der Waals surface area contributed by atoms with E-state index in [1.807, 2.05) is 0 Å². The summed E-state index contributed by atoms with van der Waals surface area (Å²) in [4.78, 5) is 25.8. The number of amides is 2. The monoisotopic (exact) mass is 253 g/mol. The minimum atomic E-state index is -0.361. The summed E-state index contributed by atoms with van der Waals surface area (Å²) in [6.07, 6.45) is 6.48. The van der Waals surface area contributed by atoms with Crippen molar-refractivity contribution >= 4 is 11.8 Å². The van der Waals surface area contributed by atoms with Gasteiger partial charge in [0.25, 0.3) is 0 Å². The van der Waals surface area contributed by atoms with Gasteiger partial charge in [-0.3, -0.25) is 14.5 Å². The maximum Gasteiger partial charge on any atom is 0.235 e. The average molecular weight is 253 g/mol. The van der Waals surface area contributed by atoms with E-state index >= 15 is 0 Å². The molecule has 102 valence electrons. The van der Waals surface area contributed by atoms with Gasteiger partial charge in [0.05, 0.1) is 11.5 Å². The molecule has 0 aromatic rings. The van der Waals surface area contributed by atoms with Crippen LogP contribution in [0.2, 0.25) is 0 Å². The van der Waals surface area contributed by atoms with Crippen LogP contribution in [0.3, 0.4) is 0 Å². The molecule has 2 rings (SSSR count). The van der Waals surface area contributed by atoms with E-state index in [4.69, 9.17) is 0 Å². The van der Waals surface area contributed by atoms with E-state index in [1.165, 1.54) is 11.3 Å². The van der Waals surface area contributed by atoms with Gasteiger partial charge in [0, 0.05) is 13.0 Å². The van der Waals surface area contributed by atoms with Crippen molar-refractivity contribution in [3.05, 3.63) is 0 Å². The van der Waals surface area contributed by atoms with E-state index in [0.717, 1.165) is 25.7 Å². The zero-order valence-corrected chi connectivity index (χ0v) is 11.2. The number of nitrogens with zero attached hydrogens (tertiary/aromatic N) is 1. The first kappa shape index (κ1) is 13.5. The molecule has 1 aliphatic carbocycles. The van der Waals surface area contributed by atoms with Crippen LogP contribution in [-0.4, -0.2) is 34.5 Å². The highest BCUT2D eigenvalue weighted by atomic mass is 16.3. The van der Waals surface area contributed by atoms with Crippen molar-refractivity contribution in [2.24, 2.45) is 5.41 Å². The molecular weight excluding hydrogens is 230 g/mol. The lowest BCUT2D eigenvalue weighted by molar-refractivity contribution is -0.142. The third kappa shape index (κ3) is 2.58. The van der Waals surface area contributed by atoms with Gasteiger partial charge >= 0.3 is 0 Å². The summed E-state index contributed by atoms with van der Waals surface area (Å²) in [6.45, 7) is 2.21. The van der Waals surface area contributed by atoms with Gasteiger partial charge < -0.3 is 5.11 Å². The topological polar surface area (TPSA) is 57.6 Å². The molecule has 0 aromatic carbocycles. The van der Waals surface area contributed by atoms with Gasteiger partial charge in [-0.15, -0.1) is 0 Å². The summed E-state index contributed by atoms with van der Waals surface area (Å²) < 4.78 is 0. The van der Waals surface area contributed by atoms with Crippen LogP contribution in [0.4, 0.5) is 0 Å². The summed E-state index contributed by atoms with van der Waals surface area (Å²) in [7, 11) is 0. The summed E-state index contributed by atoms with van der Waals surface area (Å²) in [5.41, 5.74) is -0.361. The Hall–Kier alpha value is -0.900. The van der Waals surface area contributed by atoms with Crippen molar-refractivity contribution in [3.8, 4) is 0 Å². The van der Waals surface area contributed by atoms with E-state index in [0.29, 0.717) is 25.8 Å². The van der Waals surface area contributed by atoms with Gasteiger partial charge in [-0.1, -0.05) is 19.3 Å². The van der Waals surface area contributed by atoms with E-state index in [9.17, 15) is 14.7 Å². The summed E-state index contributed by atoms with van der Waals surface area (Å²) >= 11 is 0. The summed E-state index contributed by atoms with van der Waals surface area (Å²) in [5, 5.41) is 9.21. The van der Waals surface area contributed by atoms with E-state index in [1.54, 1.807) is 6.92 Å². The quantitative estimate of drug-likeness (QED) is 0.778. The van der Waals surface area contributed by atoms with Crippen LogP contribution in [0.15, 0.2) is 0 Å². The Morgan fingerprint density at radius 2 is 1.94 bits per heavy atom. The van der Waals surface area contributed by atoms with Crippen LogP contribution in [0.25, 0.3) is 0 Å². The second kappa shape index (κ2) is 5.39.